The van der Waals surface area contributed by atoms with Crippen LogP contribution in [-0.2, 0) is 12.0 Å². The van der Waals surface area contributed by atoms with Crippen molar-refractivity contribution in [1.82, 2.24) is 0 Å². The van der Waals surface area contributed by atoms with Crippen molar-refractivity contribution in [2.75, 3.05) is 0 Å². The fourth-order valence-electron chi connectivity index (χ4n) is 2.21. The quantitative estimate of drug-likeness (QED) is 0.928. The smallest absolute Gasteiger partial charge is 0.252 e. The molecule has 0 bridgehead atoms. The molecule has 0 fully saturated rings. The number of hydrogen-bond donors (Lipinski definition) is 1. The Kier molecular flexibility index (Phi) is 4.55. The first-order valence-corrected chi connectivity index (χ1v) is 7.40. The van der Waals surface area contributed by atoms with E-state index in [9.17, 15) is 4.79 Å². The lowest BCUT2D eigenvalue weighted by Gasteiger charge is -2.19. The molecule has 0 spiro atoms. The van der Waals surface area contributed by atoms with E-state index in [1.54, 1.807) is 6.07 Å². The van der Waals surface area contributed by atoms with Gasteiger partial charge in [0.2, 0.25) is 0 Å². The molecule has 0 saturated carbocycles. The van der Waals surface area contributed by atoms with Crippen LogP contribution < -0.4 is 10.5 Å². The van der Waals surface area contributed by atoms with Gasteiger partial charge in [-0.25, -0.2) is 0 Å². The molecule has 0 atom stereocenters. The highest BCUT2D eigenvalue weighted by Crippen LogP contribution is 2.24. The first-order valence-electron chi connectivity index (χ1n) is 7.40. The molecule has 116 valence electrons. The molecule has 2 rings (SSSR count). The van der Waals surface area contributed by atoms with Crippen LogP contribution in [0, 0.1) is 6.92 Å². The molecule has 2 aromatic carbocycles. The van der Waals surface area contributed by atoms with Crippen LogP contribution in [0.4, 0.5) is 0 Å². The molecule has 3 heteroatoms. The van der Waals surface area contributed by atoms with Crippen LogP contribution in [0.25, 0.3) is 0 Å². The number of carbonyl (C=O) groups excluding carboxylic acids is 1. The molecular formula is C19H23NO2. The number of rotatable bonds is 4. The van der Waals surface area contributed by atoms with Crippen molar-refractivity contribution in [2.45, 2.75) is 39.7 Å². The maximum atomic E-state index is 11.4. The van der Waals surface area contributed by atoms with Gasteiger partial charge in [0, 0.05) is 0 Å². The molecule has 0 aromatic heterocycles. The Labute approximate surface area is 132 Å². The van der Waals surface area contributed by atoms with Crippen molar-refractivity contribution < 1.29 is 9.53 Å². The third kappa shape index (κ3) is 3.88. The second-order valence-electron chi connectivity index (χ2n) is 6.60. The van der Waals surface area contributed by atoms with Gasteiger partial charge in [0.15, 0.2) is 0 Å². The van der Waals surface area contributed by atoms with Gasteiger partial charge < -0.3 is 10.5 Å². The zero-order chi connectivity index (χ0) is 16.3. The Morgan fingerprint density at radius 2 is 1.73 bits per heavy atom. The number of primary amides is 1. The van der Waals surface area contributed by atoms with Gasteiger partial charge in [-0.2, -0.15) is 0 Å². The van der Waals surface area contributed by atoms with E-state index in [4.69, 9.17) is 10.5 Å². The average molecular weight is 297 g/mol. The molecule has 0 saturated heterocycles. The fourth-order valence-corrected chi connectivity index (χ4v) is 2.21. The summed E-state index contributed by atoms with van der Waals surface area (Å²) >= 11 is 0. The maximum absolute atomic E-state index is 11.4. The van der Waals surface area contributed by atoms with E-state index in [1.165, 1.54) is 5.56 Å². The lowest BCUT2D eigenvalue weighted by Crippen LogP contribution is -2.13. The maximum Gasteiger partial charge on any atom is 0.252 e. The summed E-state index contributed by atoms with van der Waals surface area (Å²) in [7, 11) is 0. The summed E-state index contributed by atoms with van der Waals surface area (Å²) in [5, 5.41) is 0. The molecule has 0 aliphatic rings. The van der Waals surface area contributed by atoms with Gasteiger partial charge in [-0.05, 0) is 41.2 Å². The number of benzene rings is 2. The second-order valence-corrected chi connectivity index (χ2v) is 6.60. The number of ether oxygens (including phenoxy) is 1. The van der Waals surface area contributed by atoms with E-state index in [0.29, 0.717) is 17.9 Å². The molecule has 1 amide bonds. The third-order valence-electron chi connectivity index (χ3n) is 3.62. The Balaban J connectivity index is 2.13. The highest BCUT2D eigenvalue weighted by molar-refractivity contribution is 5.95. The summed E-state index contributed by atoms with van der Waals surface area (Å²) in [5.74, 6) is 0.0606. The number of nitrogens with two attached hydrogens (primary N) is 1. The van der Waals surface area contributed by atoms with Crippen molar-refractivity contribution in [3.05, 3.63) is 64.7 Å². The summed E-state index contributed by atoms with van der Waals surface area (Å²) in [6.45, 7) is 8.92. The van der Waals surface area contributed by atoms with E-state index in [0.717, 1.165) is 11.1 Å². The molecule has 2 N–H and O–H groups in total. The Morgan fingerprint density at radius 1 is 1.09 bits per heavy atom. The zero-order valence-corrected chi connectivity index (χ0v) is 13.6. The Bertz CT molecular complexity index is 667. The molecule has 0 heterocycles. The lowest BCUT2D eigenvalue weighted by atomic mass is 9.87. The van der Waals surface area contributed by atoms with Gasteiger partial charge in [-0.3, -0.25) is 4.79 Å². The SMILES string of the molecule is Cc1ccc(C(N)=O)c(OCc2ccc(C(C)(C)C)cc2)c1. The van der Waals surface area contributed by atoms with Gasteiger partial charge in [-0.15, -0.1) is 0 Å². The molecule has 0 unspecified atom stereocenters. The fraction of sp³-hybridized carbons (Fsp3) is 0.316. The molecule has 2 aromatic rings. The molecule has 0 aliphatic carbocycles. The van der Waals surface area contributed by atoms with Crippen LogP contribution in [0.5, 0.6) is 5.75 Å². The van der Waals surface area contributed by atoms with Crippen LogP contribution in [0.1, 0.15) is 47.8 Å². The van der Waals surface area contributed by atoms with Crippen LogP contribution in [-0.4, -0.2) is 5.91 Å². The number of amides is 1. The summed E-state index contributed by atoms with van der Waals surface area (Å²) in [6.07, 6.45) is 0. The van der Waals surface area contributed by atoms with Crippen LogP contribution in [0.3, 0.4) is 0 Å². The first-order chi connectivity index (χ1) is 10.3. The van der Waals surface area contributed by atoms with Crippen molar-refractivity contribution in [3.63, 3.8) is 0 Å². The molecule has 3 nitrogen and oxygen atoms in total. The van der Waals surface area contributed by atoms with Crippen molar-refractivity contribution in [3.8, 4) is 5.75 Å². The van der Waals surface area contributed by atoms with E-state index in [1.807, 2.05) is 19.1 Å². The average Bonchev–Trinajstić information content (AvgIpc) is 2.44. The summed E-state index contributed by atoms with van der Waals surface area (Å²) in [5.41, 5.74) is 9.30. The van der Waals surface area contributed by atoms with E-state index < -0.39 is 5.91 Å². The van der Waals surface area contributed by atoms with Gasteiger partial charge >= 0.3 is 0 Å². The van der Waals surface area contributed by atoms with E-state index in [2.05, 4.69) is 45.0 Å². The lowest BCUT2D eigenvalue weighted by molar-refractivity contribution is 0.0996. The summed E-state index contributed by atoms with van der Waals surface area (Å²) < 4.78 is 5.79. The minimum atomic E-state index is -0.474. The number of aryl methyl sites for hydroxylation is 1. The predicted molar refractivity (Wildman–Crippen MR) is 89.2 cm³/mol. The molecule has 0 radical (unpaired) electrons. The number of hydrogen-bond acceptors (Lipinski definition) is 2. The Morgan fingerprint density at radius 3 is 2.27 bits per heavy atom. The minimum absolute atomic E-state index is 0.134. The highest BCUT2D eigenvalue weighted by Gasteiger charge is 2.13. The second kappa shape index (κ2) is 6.22. The van der Waals surface area contributed by atoms with Crippen LogP contribution >= 0.6 is 0 Å². The molecule has 22 heavy (non-hydrogen) atoms. The van der Waals surface area contributed by atoms with Crippen LogP contribution in [0.15, 0.2) is 42.5 Å². The first kappa shape index (κ1) is 16.1. The highest BCUT2D eigenvalue weighted by atomic mass is 16.5. The van der Waals surface area contributed by atoms with Crippen molar-refractivity contribution >= 4 is 5.91 Å². The third-order valence-corrected chi connectivity index (χ3v) is 3.62. The topological polar surface area (TPSA) is 52.3 Å². The van der Waals surface area contributed by atoms with Crippen molar-refractivity contribution in [2.24, 2.45) is 5.73 Å². The molecular weight excluding hydrogens is 274 g/mol. The predicted octanol–water partition coefficient (Wildman–Crippen LogP) is 3.97. The Hall–Kier alpha value is -2.29. The largest absolute Gasteiger partial charge is 0.488 e. The van der Waals surface area contributed by atoms with Gasteiger partial charge in [-0.1, -0.05) is 51.1 Å². The van der Waals surface area contributed by atoms with E-state index >= 15 is 0 Å². The van der Waals surface area contributed by atoms with Crippen LogP contribution in [0.2, 0.25) is 0 Å². The minimum Gasteiger partial charge on any atom is -0.488 e. The molecule has 0 aliphatic heterocycles. The van der Waals surface area contributed by atoms with Gasteiger partial charge in [0.05, 0.1) is 5.56 Å². The van der Waals surface area contributed by atoms with Gasteiger partial charge in [0.25, 0.3) is 5.91 Å². The number of carbonyl (C=O) groups is 1. The van der Waals surface area contributed by atoms with E-state index in [-0.39, 0.29) is 5.41 Å². The van der Waals surface area contributed by atoms with Gasteiger partial charge in [0.1, 0.15) is 12.4 Å². The normalized spacial score (nSPS) is 11.3. The summed E-state index contributed by atoms with van der Waals surface area (Å²) in [4.78, 5) is 11.4. The zero-order valence-electron chi connectivity index (χ0n) is 13.6. The monoisotopic (exact) mass is 297 g/mol. The van der Waals surface area contributed by atoms with Crippen molar-refractivity contribution in [1.29, 1.82) is 0 Å². The summed E-state index contributed by atoms with van der Waals surface area (Å²) in [6, 6.07) is 13.7. The standard InChI is InChI=1S/C19H23NO2/c1-13-5-10-16(18(20)21)17(11-13)22-12-14-6-8-15(9-7-14)19(2,3)4/h5-11H,12H2,1-4H3,(H2,20,21).